The highest BCUT2D eigenvalue weighted by Crippen LogP contribution is 2.33. The van der Waals surface area contributed by atoms with Gasteiger partial charge in [0.25, 0.3) is 0 Å². The van der Waals surface area contributed by atoms with Crippen LogP contribution in [0.1, 0.15) is 11.1 Å². The first-order valence-corrected chi connectivity index (χ1v) is 5.74. The molecule has 2 aromatic rings. The van der Waals surface area contributed by atoms with Crippen LogP contribution < -0.4 is 10.5 Å². The highest BCUT2D eigenvalue weighted by molar-refractivity contribution is 6.32. The van der Waals surface area contributed by atoms with Gasteiger partial charge in [0.05, 0.1) is 10.7 Å². The molecule has 17 heavy (non-hydrogen) atoms. The molecule has 0 amide bonds. The maximum atomic E-state index is 6.11. The minimum absolute atomic E-state index is 0.589. The Morgan fingerprint density at radius 2 is 1.59 bits per heavy atom. The Balaban J connectivity index is 2.34. The van der Waals surface area contributed by atoms with Crippen molar-refractivity contribution >= 4 is 17.3 Å². The molecular weight excluding hydrogens is 234 g/mol. The fourth-order valence-corrected chi connectivity index (χ4v) is 1.81. The largest absolute Gasteiger partial charge is 0.454 e. The highest BCUT2D eigenvalue weighted by Gasteiger charge is 2.06. The van der Waals surface area contributed by atoms with Crippen LogP contribution in [0.15, 0.2) is 36.4 Å². The van der Waals surface area contributed by atoms with Crippen molar-refractivity contribution in [3.8, 4) is 11.5 Å². The van der Waals surface area contributed by atoms with Crippen molar-refractivity contribution in [2.75, 3.05) is 5.73 Å². The van der Waals surface area contributed by atoms with Gasteiger partial charge < -0.3 is 10.5 Å². The topological polar surface area (TPSA) is 35.2 Å². The minimum Gasteiger partial charge on any atom is -0.454 e. The van der Waals surface area contributed by atoms with Gasteiger partial charge in [-0.05, 0) is 49.2 Å². The average Bonchev–Trinajstić information content (AvgIpc) is 2.27. The highest BCUT2D eigenvalue weighted by atomic mass is 35.5. The molecule has 2 rings (SSSR count). The summed E-state index contributed by atoms with van der Waals surface area (Å²) in [5.74, 6) is 1.25. The second-order valence-electron chi connectivity index (χ2n) is 4.08. The normalized spacial score (nSPS) is 10.3. The third-order valence-electron chi connectivity index (χ3n) is 2.48. The SMILES string of the molecule is Cc1ccc(Oc2cc(C)ccc2N)c(Cl)c1. The molecule has 0 heterocycles. The van der Waals surface area contributed by atoms with Crippen molar-refractivity contribution in [1.82, 2.24) is 0 Å². The predicted molar refractivity (Wildman–Crippen MR) is 71.9 cm³/mol. The van der Waals surface area contributed by atoms with E-state index in [-0.39, 0.29) is 0 Å². The second-order valence-corrected chi connectivity index (χ2v) is 4.48. The lowest BCUT2D eigenvalue weighted by molar-refractivity contribution is 0.485. The number of hydrogen-bond acceptors (Lipinski definition) is 2. The zero-order valence-electron chi connectivity index (χ0n) is 9.83. The molecular formula is C14H14ClNO. The summed E-state index contributed by atoms with van der Waals surface area (Å²) in [6.45, 7) is 3.97. The van der Waals surface area contributed by atoms with E-state index >= 15 is 0 Å². The molecule has 0 radical (unpaired) electrons. The van der Waals surface area contributed by atoms with Gasteiger partial charge in [0.1, 0.15) is 5.75 Å². The number of nitrogens with two attached hydrogens (primary N) is 1. The fraction of sp³-hybridized carbons (Fsp3) is 0.143. The monoisotopic (exact) mass is 247 g/mol. The third-order valence-corrected chi connectivity index (χ3v) is 2.77. The summed E-state index contributed by atoms with van der Waals surface area (Å²) in [5, 5.41) is 0.589. The maximum Gasteiger partial charge on any atom is 0.150 e. The number of ether oxygens (including phenoxy) is 1. The standard InChI is InChI=1S/C14H14ClNO/c1-9-4-6-13(11(15)7-9)17-14-8-10(2)3-5-12(14)16/h3-8H,16H2,1-2H3. The molecule has 2 N–H and O–H groups in total. The molecule has 0 unspecified atom stereocenters. The van der Waals surface area contributed by atoms with Crippen LogP contribution in [0.25, 0.3) is 0 Å². The predicted octanol–water partition coefficient (Wildman–Crippen LogP) is 4.33. The van der Waals surface area contributed by atoms with Crippen LogP contribution in [-0.4, -0.2) is 0 Å². The Bertz CT molecular complexity index is 552. The Kier molecular flexibility index (Phi) is 3.25. The minimum atomic E-state index is 0.589. The Hall–Kier alpha value is -1.67. The van der Waals surface area contributed by atoms with Crippen molar-refractivity contribution in [3.05, 3.63) is 52.5 Å². The van der Waals surface area contributed by atoms with E-state index in [0.717, 1.165) is 11.1 Å². The van der Waals surface area contributed by atoms with Crippen LogP contribution in [0.5, 0.6) is 11.5 Å². The second kappa shape index (κ2) is 4.68. The van der Waals surface area contributed by atoms with Crippen molar-refractivity contribution in [2.45, 2.75) is 13.8 Å². The van der Waals surface area contributed by atoms with Crippen LogP contribution in [-0.2, 0) is 0 Å². The summed E-state index contributed by atoms with van der Waals surface area (Å²) in [6.07, 6.45) is 0. The Labute approximate surface area is 106 Å². The molecule has 0 aliphatic carbocycles. The van der Waals surface area contributed by atoms with E-state index in [1.165, 1.54) is 0 Å². The number of halogens is 1. The maximum absolute atomic E-state index is 6.11. The first kappa shape index (κ1) is 11.8. The molecule has 0 aliphatic rings. The van der Waals surface area contributed by atoms with E-state index in [0.29, 0.717) is 22.2 Å². The lowest BCUT2D eigenvalue weighted by Crippen LogP contribution is -1.93. The summed E-state index contributed by atoms with van der Waals surface area (Å²) >= 11 is 6.11. The number of anilines is 1. The van der Waals surface area contributed by atoms with Gasteiger partial charge in [-0.2, -0.15) is 0 Å². The Morgan fingerprint density at radius 3 is 2.29 bits per heavy atom. The molecule has 0 aliphatic heterocycles. The molecule has 0 fully saturated rings. The van der Waals surface area contributed by atoms with Gasteiger partial charge in [0, 0.05) is 0 Å². The smallest absolute Gasteiger partial charge is 0.150 e. The van der Waals surface area contributed by atoms with E-state index in [9.17, 15) is 0 Å². The van der Waals surface area contributed by atoms with Gasteiger partial charge in [-0.1, -0.05) is 23.7 Å². The van der Waals surface area contributed by atoms with Gasteiger partial charge in [-0.25, -0.2) is 0 Å². The molecule has 0 atom stereocenters. The van der Waals surface area contributed by atoms with Crippen molar-refractivity contribution in [1.29, 1.82) is 0 Å². The van der Waals surface area contributed by atoms with Crippen LogP contribution in [0.2, 0.25) is 5.02 Å². The van der Waals surface area contributed by atoms with E-state index in [1.807, 2.05) is 50.2 Å². The molecule has 2 nitrogen and oxygen atoms in total. The van der Waals surface area contributed by atoms with Gasteiger partial charge >= 0.3 is 0 Å². The van der Waals surface area contributed by atoms with Crippen molar-refractivity contribution in [2.24, 2.45) is 0 Å². The van der Waals surface area contributed by atoms with Crippen LogP contribution >= 0.6 is 11.6 Å². The average molecular weight is 248 g/mol. The summed E-state index contributed by atoms with van der Waals surface area (Å²) in [4.78, 5) is 0. The number of aryl methyl sites for hydroxylation is 2. The summed E-state index contributed by atoms with van der Waals surface area (Å²) < 4.78 is 5.72. The lowest BCUT2D eigenvalue weighted by Gasteiger charge is -2.11. The zero-order chi connectivity index (χ0) is 12.4. The van der Waals surface area contributed by atoms with E-state index in [2.05, 4.69) is 0 Å². The molecule has 0 spiro atoms. The van der Waals surface area contributed by atoms with Gasteiger partial charge in [0.2, 0.25) is 0 Å². The number of nitrogen functional groups attached to an aromatic ring is 1. The summed E-state index contributed by atoms with van der Waals surface area (Å²) in [7, 11) is 0. The van der Waals surface area contributed by atoms with E-state index in [1.54, 1.807) is 0 Å². The third kappa shape index (κ3) is 2.71. The zero-order valence-corrected chi connectivity index (χ0v) is 10.6. The lowest BCUT2D eigenvalue weighted by atomic mass is 10.2. The van der Waals surface area contributed by atoms with Gasteiger partial charge in [-0.3, -0.25) is 0 Å². The number of hydrogen-bond donors (Lipinski definition) is 1. The quantitative estimate of drug-likeness (QED) is 0.802. The summed E-state index contributed by atoms with van der Waals surface area (Å²) in [5.41, 5.74) is 8.64. The fourth-order valence-electron chi connectivity index (χ4n) is 1.54. The van der Waals surface area contributed by atoms with Gasteiger partial charge in [-0.15, -0.1) is 0 Å². The first-order valence-electron chi connectivity index (χ1n) is 5.36. The van der Waals surface area contributed by atoms with Crippen LogP contribution in [0.4, 0.5) is 5.69 Å². The van der Waals surface area contributed by atoms with E-state index in [4.69, 9.17) is 22.1 Å². The van der Waals surface area contributed by atoms with Crippen LogP contribution in [0.3, 0.4) is 0 Å². The molecule has 88 valence electrons. The van der Waals surface area contributed by atoms with Crippen LogP contribution in [0, 0.1) is 13.8 Å². The molecule has 0 bridgehead atoms. The molecule has 2 aromatic carbocycles. The molecule has 0 saturated heterocycles. The first-order chi connectivity index (χ1) is 8.06. The molecule has 0 aromatic heterocycles. The summed E-state index contributed by atoms with van der Waals surface area (Å²) in [6, 6.07) is 11.3. The number of benzene rings is 2. The Morgan fingerprint density at radius 1 is 0.941 bits per heavy atom. The molecule has 0 saturated carbocycles. The molecule has 3 heteroatoms. The van der Waals surface area contributed by atoms with Crippen molar-refractivity contribution in [3.63, 3.8) is 0 Å². The van der Waals surface area contributed by atoms with Crippen molar-refractivity contribution < 1.29 is 4.74 Å². The van der Waals surface area contributed by atoms with E-state index < -0.39 is 0 Å². The van der Waals surface area contributed by atoms with Gasteiger partial charge in [0.15, 0.2) is 5.75 Å². The number of rotatable bonds is 2.